The van der Waals surface area contributed by atoms with Crippen LogP contribution in [0.1, 0.15) is 0 Å². The minimum Gasteiger partial charge on any atom is -0.322 e. The normalized spacial score (nSPS) is 16.6. The van der Waals surface area contributed by atoms with Gasteiger partial charge in [-0.05, 0) is 31.3 Å². The lowest BCUT2D eigenvalue weighted by atomic mass is 10.3. The highest BCUT2D eigenvalue weighted by molar-refractivity contribution is 7.92. The molecule has 0 atom stereocenters. The molecule has 0 aliphatic carbocycles. The topological polar surface area (TPSA) is 81.8 Å². The number of likely N-dealkylation sites (N-methyl/N-ethyl adjacent to an activating group) is 1. The lowest BCUT2D eigenvalue weighted by Gasteiger charge is -2.32. The smallest absolute Gasteiger partial charge is 0.321 e. The summed E-state index contributed by atoms with van der Waals surface area (Å²) in [6.07, 6.45) is 1.09. The van der Waals surface area contributed by atoms with E-state index in [2.05, 4.69) is 14.9 Å². The first-order valence-electron chi connectivity index (χ1n) is 6.66. The average Bonchev–Trinajstić information content (AvgIpc) is 2.40. The van der Waals surface area contributed by atoms with Crippen molar-refractivity contribution in [1.82, 2.24) is 9.80 Å². The zero-order chi connectivity index (χ0) is 15.5. The zero-order valence-electron chi connectivity index (χ0n) is 12.2. The first-order chi connectivity index (χ1) is 9.83. The van der Waals surface area contributed by atoms with Gasteiger partial charge < -0.3 is 15.1 Å². The van der Waals surface area contributed by atoms with Crippen molar-refractivity contribution in [3.8, 4) is 0 Å². The van der Waals surface area contributed by atoms with Crippen molar-refractivity contribution in [2.45, 2.75) is 0 Å². The quantitative estimate of drug-likeness (QED) is 0.866. The third kappa shape index (κ3) is 4.91. The van der Waals surface area contributed by atoms with Crippen LogP contribution in [0.25, 0.3) is 0 Å². The molecule has 1 aliphatic heterocycles. The molecule has 1 fully saturated rings. The molecule has 8 heteroatoms. The first-order valence-corrected chi connectivity index (χ1v) is 8.55. The highest BCUT2D eigenvalue weighted by Crippen LogP contribution is 2.15. The van der Waals surface area contributed by atoms with Crippen molar-refractivity contribution >= 4 is 27.4 Å². The number of carbonyl (C=O) groups is 1. The number of amides is 2. The molecule has 21 heavy (non-hydrogen) atoms. The Morgan fingerprint density at radius 1 is 1.05 bits per heavy atom. The van der Waals surface area contributed by atoms with Crippen molar-refractivity contribution in [3.63, 3.8) is 0 Å². The van der Waals surface area contributed by atoms with Crippen LogP contribution in [0, 0.1) is 0 Å². The second-order valence-electron chi connectivity index (χ2n) is 5.17. The number of anilines is 2. The minimum absolute atomic E-state index is 0.132. The maximum atomic E-state index is 12.1. The van der Waals surface area contributed by atoms with Crippen molar-refractivity contribution in [1.29, 1.82) is 0 Å². The summed E-state index contributed by atoms with van der Waals surface area (Å²) in [5.74, 6) is 0. The van der Waals surface area contributed by atoms with Crippen LogP contribution in [-0.4, -0.2) is 63.7 Å². The van der Waals surface area contributed by atoms with Gasteiger partial charge in [0.15, 0.2) is 0 Å². The van der Waals surface area contributed by atoms with E-state index in [1.54, 1.807) is 29.2 Å². The molecule has 2 rings (SSSR count). The van der Waals surface area contributed by atoms with Gasteiger partial charge in [0.1, 0.15) is 0 Å². The molecule has 0 bridgehead atoms. The third-order valence-corrected chi connectivity index (χ3v) is 3.84. The van der Waals surface area contributed by atoms with Gasteiger partial charge in [0.2, 0.25) is 10.0 Å². The van der Waals surface area contributed by atoms with E-state index < -0.39 is 10.0 Å². The zero-order valence-corrected chi connectivity index (χ0v) is 13.0. The molecule has 1 aliphatic rings. The second kappa shape index (κ2) is 6.31. The molecule has 0 aromatic heterocycles. The molecule has 1 heterocycles. The van der Waals surface area contributed by atoms with Gasteiger partial charge in [0.25, 0.3) is 0 Å². The number of sulfonamides is 1. The number of nitrogens with zero attached hydrogens (tertiary/aromatic N) is 2. The molecule has 116 valence electrons. The Morgan fingerprint density at radius 3 is 2.10 bits per heavy atom. The molecule has 1 saturated heterocycles. The van der Waals surface area contributed by atoms with Crippen molar-refractivity contribution in [2.75, 3.05) is 49.5 Å². The van der Waals surface area contributed by atoms with Gasteiger partial charge in [0, 0.05) is 37.6 Å². The standard InChI is InChI=1S/C13H20N4O3S/c1-16-7-9-17(10-8-16)13(18)14-11-3-5-12(6-4-11)15-21(2,19)20/h3-6,15H,7-10H2,1-2H3,(H,14,18). The molecule has 0 unspecified atom stereocenters. The van der Waals surface area contributed by atoms with E-state index in [4.69, 9.17) is 0 Å². The van der Waals surface area contributed by atoms with E-state index in [0.717, 1.165) is 19.3 Å². The van der Waals surface area contributed by atoms with Crippen LogP contribution in [0.5, 0.6) is 0 Å². The predicted octanol–water partition coefficient (Wildman–Crippen LogP) is 0.837. The predicted molar refractivity (Wildman–Crippen MR) is 83.0 cm³/mol. The maximum absolute atomic E-state index is 12.1. The van der Waals surface area contributed by atoms with Crippen LogP contribution in [0.3, 0.4) is 0 Å². The number of urea groups is 1. The Balaban J connectivity index is 1.92. The first kappa shape index (κ1) is 15.6. The van der Waals surface area contributed by atoms with Crippen LogP contribution < -0.4 is 10.0 Å². The fraction of sp³-hybridized carbons (Fsp3) is 0.462. The van der Waals surface area contributed by atoms with Gasteiger partial charge in [-0.3, -0.25) is 4.72 Å². The van der Waals surface area contributed by atoms with Crippen molar-refractivity contribution in [2.24, 2.45) is 0 Å². The second-order valence-corrected chi connectivity index (χ2v) is 6.92. The molecular weight excluding hydrogens is 292 g/mol. The average molecular weight is 312 g/mol. The van der Waals surface area contributed by atoms with Crippen LogP contribution in [-0.2, 0) is 10.0 Å². The number of benzene rings is 1. The number of rotatable bonds is 3. The largest absolute Gasteiger partial charge is 0.322 e. The van der Waals surface area contributed by atoms with Crippen LogP contribution in [0.4, 0.5) is 16.2 Å². The Labute approximate surface area is 125 Å². The van der Waals surface area contributed by atoms with Crippen molar-refractivity contribution in [3.05, 3.63) is 24.3 Å². The highest BCUT2D eigenvalue weighted by Gasteiger charge is 2.18. The van der Waals surface area contributed by atoms with E-state index in [9.17, 15) is 13.2 Å². The van der Waals surface area contributed by atoms with Gasteiger partial charge >= 0.3 is 6.03 Å². The molecule has 7 nitrogen and oxygen atoms in total. The van der Waals surface area contributed by atoms with Crippen molar-refractivity contribution < 1.29 is 13.2 Å². The number of nitrogens with one attached hydrogen (secondary N) is 2. The molecular formula is C13H20N4O3S. The van der Waals surface area contributed by atoms with Crippen LogP contribution in [0.15, 0.2) is 24.3 Å². The number of hydrogen-bond acceptors (Lipinski definition) is 4. The lowest BCUT2D eigenvalue weighted by molar-refractivity contribution is 0.164. The minimum atomic E-state index is -3.29. The van der Waals surface area contributed by atoms with E-state index in [1.165, 1.54) is 0 Å². The van der Waals surface area contributed by atoms with Gasteiger partial charge in [-0.1, -0.05) is 0 Å². The van der Waals surface area contributed by atoms with Gasteiger partial charge in [0.05, 0.1) is 6.26 Å². The highest BCUT2D eigenvalue weighted by atomic mass is 32.2. The van der Waals surface area contributed by atoms with E-state index in [1.807, 2.05) is 7.05 Å². The van der Waals surface area contributed by atoms with Crippen LogP contribution >= 0.6 is 0 Å². The van der Waals surface area contributed by atoms with Gasteiger partial charge in [-0.25, -0.2) is 13.2 Å². The molecule has 0 spiro atoms. The fourth-order valence-electron chi connectivity index (χ4n) is 2.05. The van der Waals surface area contributed by atoms with Gasteiger partial charge in [-0.2, -0.15) is 0 Å². The number of carbonyl (C=O) groups excluding carboxylic acids is 1. The summed E-state index contributed by atoms with van der Waals surface area (Å²) in [4.78, 5) is 16.0. The Bertz CT molecular complexity index is 592. The van der Waals surface area contributed by atoms with E-state index in [-0.39, 0.29) is 6.03 Å². The summed E-state index contributed by atoms with van der Waals surface area (Å²) in [6, 6.07) is 6.43. The third-order valence-electron chi connectivity index (χ3n) is 3.23. The summed E-state index contributed by atoms with van der Waals surface area (Å²) in [5, 5.41) is 2.81. The summed E-state index contributed by atoms with van der Waals surface area (Å²) < 4.78 is 24.6. The monoisotopic (exact) mass is 312 g/mol. The van der Waals surface area contributed by atoms with Crippen LogP contribution in [0.2, 0.25) is 0 Å². The van der Waals surface area contributed by atoms with E-state index >= 15 is 0 Å². The lowest BCUT2D eigenvalue weighted by Crippen LogP contribution is -2.48. The molecule has 2 amide bonds. The van der Waals surface area contributed by atoms with Gasteiger partial charge in [-0.15, -0.1) is 0 Å². The SMILES string of the molecule is CN1CCN(C(=O)Nc2ccc(NS(C)(=O)=O)cc2)CC1. The molecule has 1 aromatic carbocycles. The molecule has 2 N–H and O–H groups in total. The summed E-state index contributed by atoms with van der Waals surface area (Å²) in [6.45, 7) is 3.14. The molecule has 0 radical (unpaired) electrons. The summed E-state index contributed by atoms with van der Waals surface area (Å²) in [5.41, 5.74) is 1.10. The molecule has 1 aromatic rings. The summed E-state index contributed by atoms with van der Waals surface area (Å²) in [7, 11) is -1.26. The summed E-state index contributed by atoms with van der Waals surface area (Å²) >= 11 is 0. The number of piperazine rings is 1. The Morgan fingerprint density at radius 2 is 1.57 bits per heavy atom. The fourth-order valence-corrected chi connectivity index (χ4v) is 2.61. The Kier molecular flexibility index (Phi) is 4.69. The maximum Gasteiger partial charge on any atom is 0.321 e. The van der Waals surface area contributed by atoms with E-state index in [0.29, 0.717) is 24.5 Å². The Hall–Kier alpha value is -1.80. The number of hydrogen-bond donors (Lipinski definition) is 2. The molecule has 0 saturated carbocycles.